The molecule has 0 unspecified atom stereocenters. The number of nitrogens with zero attached hydrogens (tertiary/aromatic N) is 1. The molecule has 132 valence electrons. The van der Waals surface area contributed by atoms with Gasteiger partial charge >= 0.3 is 0 Å². The van der Waals surface area contributed by atoms with Gasteiger partial charge in [-0.3, -0.25) is 4.79 Å². The van der Waals surface area contributed by atoms with Crippen LogP contribution in [-0.2, 0) is 6.54 Å². The lowest BCUT2D eigenvalue weighted by molar-refractivity contribution is 0.102. The standard InChI is InChI=1S/C19H14Cl2FN3O/c20-15-4-2-1-3-13(15)11-24-18-9-12(7-8-23-18)19(26)25-14-5-6-17(22)16(21)10-14/h1-10H,11H2,(H,23,24)(H,25,26). The summed E-state index contributed by atoms with van der Waals surface area (Å²) in [7, 11) is 0. The zero-order valence-electron chi connectivity index (χ0n) is 13.5. The molecule has 26 heavy (non-hydrogen) atoms. The Balaban J connectivity index is 1.69. The Hall–Kier alpha value is -2.63. The Kier molecular flexibility index (Phi) is 5.71. The van der Waals surface area contributed by atoms with E-state index in [1.807, 2.05) is 24.3 Å². The summed E-state index contributed by atoms with van der Waals surface area (Å²) in [5, 5.41) is 6.40. The Bertz CT molecular complexity index is 950. The SMILES string of the molecule is O=C(Nc1ccc(F)c(Cl)c1)c1ccnc(NCc2ccccc2Cl)c1. The number of pyridine rings is 1. The van der Waals surface area contributed by atoms with Crippen molar-refractivity contribution >= 4 is 40.6 Å². The summed E-state index contributed by atoms with van der Waals surface area (Å²) in [6.45, 7) is 0.477. The van der Waals surface area contributed by atoms with E-state index in [1.54, 1.807) is 12.1 Å². The molecule has 0 spiro atoms. The lowest BCUT2D eigenvalue weighted by Crippen LogP contribution is -2.13. The third kappa shape index (κ3) is 4.50. The van der Waals surface area contributed by atoms with Gasteiger partial charge in [0.15, 0.2) is 0 Å². The number of carbonyl (C=O) groups is 1. The monoisotopic (exact) mass is 389 g/mol. The summed E-state index contributed by atoms with van der Waals surface area (Å²) in [5.74, 6) is -0.356. The summed E-state index contributed by atoms with van der Waals surface area (Å²) < 4.78 is 13.2. The van der Waals surface area contributed by atoms with Crippen LogP contribution in [0.5, 0.6) is 0 Å². The number of hydrogen-bond acceptors (Lipinski definition) is 3. The van der Waals surface area contributed by atoms with E-state index in [9.17, 15) is 9.18 Å². The first-order chi connectivity index (χ1) is 12.5. The van der Waals surface area contributed by atoms with E-state index >= 15 is 0 Å². The molecule has 1 amide bonds. The molecular formula is C19H14Cl2FN3O. The summed E-state index contributed by atoms with van der Waals surface area (Å²) in [6.07, 6.45) is 1.53. The van der Waals surface area contributed by atoms with Gasteiger partial charge in [-0.05, 0) is 42.0 Å². The van der Waals surface area contributed by atoms with Gasteiger partial charge in [0.2, 0.25) is 0 Å². The van der Waals surface area contributed by atoms with Crippen molar-refractivity contribution in [3.05, 3.63) is 87.8 Å². The molecule has 4 nitrogen and oxygen atoms in total. The summed E-state index contributed by atoms with van der Waals surface area (Å²) in [4.78, 5) is 16.6. The average molecular weight is 390 g/mol. The smallest absolute Gasteiger partial charge is 0.255 e. The second-order valence-electron chi connectivity index (χ2n) is 5.46. The second-order valence-corrected chi connectivity index (χ2v) is 6.27. The van der Waals surface area contributed by atoms with Crippen molar-refractivity contribution in [2.75, 3.05) is 10.6 Å². The van der Waals surface area contributed by atoms with E-state index in [-0.39, 0.29) is 10.9 Å². The number of halogens is 3. The Morgan fingerprint density at radius 3 is 2.62 bits per heavy atom. The summed E-state index contributed by atoms with van der Waals surface area (Å²) in [5.41, 5.74) is 1.73. The number of hydrogen-bond donors (Lipinski definition) is 2. The minimum absolute atomic E-state index is 0.0559. The van der Waals surface area contributed by atoms with Crippen molar-refractivity contribution < 1.29 is 9.18 Å². The van der Waals surface area contributed by atoms with Crippen LogP contribution in [0.25, 0.3) is 0 Å². The molecule has 3 rings (SSSR count). The maximum absolute atomic E-state index is 13.2. The van der Waals surface area contributed by atoms with Crippen LogP contribution < -0.4 is 10.6 Å². The molecule has 1 aromatic heterocycles. The van der Waals surface area contributed by atoms with E-state index in [4.69, 9.17) is 23.2 Å². The Labute approximate surface area is 160 Å². The molecule has 7 heteroatoms. The number of nitrogens with one attached hydrogen (secondary N) is 2. The fourth-order valence-electron chi connectivity index (χ4n) is 2.27. The van der Waals surface area contributed by atoms with Crippen molar-refractivity contribution in [2.45, 2.75) is 6.54 Å². The first-order valence-corrected chi connectivity index (χ1v) is 8.48. The molecule has 0 fully saturated rings. The highest BCUT2D eigenvalue weighted by atomic mass is 35.5. The minimum Gasteiger partial charge on any atom is -0.366 e. The van der Waals surface area contributed by atoms with Gasteiger partial charge in [-0.2, -0.15) is 0 Å². The third-order valence-electron chi connectivity index (χ3n) is 3.62. The normalized spacial score (nSPS) is 10.4. The predicted octanol–water partition coefficient (Wildman–Crippen LogP) is 5.39. The van der Waals surface area contributed by atoms with Gasteiger partial charge in [0.05, 0.1) is 5.02 Å². The van der Waals surface area contributed by atoms with E-state index in [2.05, 4.69) is 15.6 Å². The molecule has 1 heterocycles. The average Bonchev–Trinajstić information content (AvgIpc) is 2.64. The van der Waals surface area contributed by atoms with Crippen molar-refractivity contribution in [3.8, 4) is 0 Å². The quantitative estimate of drug-likeness (QED) is 0.614. The fraction of sp³-hybridized carbons (Fsp3) is 0.0526. The first-order valence-electron chi connectivity index (χ1n) is 7.72. The molecule has 0 saturated heterocycles. The van der Waals surface area contributed by atoms with Crippen LogP contribution in [0.2, 0.25) is 10.0 Å². The van der Waals surface area contributed by atoms with Crippen molar-refractivity contribution in [1.82, 2.24) is 4.98 Å². The number of amides is 1. The number of rotatable bonds is 5. The van der Waals surface area contributed by atoms with Gasteiger partial charge < -0.3 is 10.6 Å². The van der Waals surface area contributed by atoms with Crippen LogP contribution in [-0.4, -0.2) is 10.9 Å². The van der Waals surface area contributed by atoms with Crippen LogP contribution in [0, 0.1) is 5.82 Å². The highest BCUT2D eigenvalue weighted by Gasteiger charge is 2.09. The molecule has 0 aliphatic carbocycles. The number of aromatic nitrogens is 1. The van der Waals surface area contributed by atoms with E-state index < -0.39 is 5.82 Å². The highest BCUT2D eigenvalue weighted by molar-refractivity contribution is 6.31. The molecule has 0 aliphatic rings. The molecule has 0 atom stereocenters. The van der Waals surface area contributed by atoms with Gasteiger partial charge in [-0.15, -0.1) is 0 Å². The summed E-state index contributed by atoms with van der Waals surface area (Å²) >= 11 is 11.8. The van der Waals surface area contributed by atoms with E-state index in [0.29, 0.717) is 28.6 Å². The van der Waals surface area contributed by atoms with Crippen LogP contribution >= 0.6 is 23.2 Å². The zero-order chi connectivity index (χ0) is 18.5. The maximum atomic E-state index is 13.2. The number of benzene rings is 2. The van der Waals surface area contributed by atoms with Crippen molar-refractivity contribution in [2.24, 2.45) is 0 Å². The molecule has 2 N–H and O–H groups in total. The molecule has 0 aliphatic heterocycles. The highest BCUT2D eigenvalue weighted by Crippen LogP contribution is 2.20. The maximum Gasteiger partial charge on any atom is 0.255 e. The minimum atomic E-state index is -0.542. The molecule has 3 aromatic rings. The van der Waals surface area contributed by atoms with Crippen LogP contribution in [0.3, 0.4) is 0 Å². The van der Waals surface area contributed by atoms with Gasteiger partial charge in [0.1, 0.15) is 11.6 Å². The van der Waals surface area contributed by atoms with E-state index in [1.165, 1.54) is 24.4 Å². The first kappa shape index (κ1) is 18.2. The Morgan fingerprint density at radius 2 is 1.85 bits per heavy atom. The Morgan fingerprint density at radius 1 is 1.04 bits per heavy atom. The van der Waals surface area contributed by atoms with Gasteiger partial charge in [0.25, 0.3) is 5.91 Å². The lowest BCUT2D eigenvalue weighted by atomic mass is 10.2. The molecule has 2 aromatic carbocycles. The zero-order valence-corrected chi connectivity index (χ0v) is 15.0. The predicted molar refractivity (Wildman–Crippen MR) is 102 cm³/mol. The molecule has 0 radical (unpaired) electrons. The fourth-order valence-corrected chi connectivity index (χ4v) is 2.66. The largest absolute Gasteiger partial charge is 0.366 e. The molecule has 0 bridgehead atoms. The number of carbonyl (C=O) groups excluding carboxylic acids is 1. The molecule has 0 saturated carbocycles. The topological polar surface area (TPSA) is 54.0 Å². The second kappa shape index (κ2) is 8.17. The van der Waals surface area contributed by atoms with Gasteiger partial charge in [-0.25, -0.2) is 9.37 Å². The van der Waals surface area contributed by atoms with Crippen LogP contribution in [0.4, 0.5) is 15.9 Å². The van der Waals surface area contributed by atoms with Crippen molar-refractivity contribution in [3.63, 3.8) is 0 Å². The molecular weight excluding hydrogens is 376 g/mol. The summed E-state index contributed by atoms with van der Waals surface area (Å²) in [6, 6.07) is 14.7. The third-order valence-corrected chi connectivity index (χ3v) is 4.28. The number of anilines is 2. The van der Waals surface area contributed by atoms with Crippen LogP contribution in [0.15, 0.2) is 60.8 Å². The van der Waals surface area contributed by atoms with Crippen molar-refractivity contribution in [1.29, 1.82) is 0 Å². The lowest BCUT2D eigenvalue weighted by Gasteiger charge is -2.09. The van der Waals surface area contributed by atoms with Gasteiger partial charge in [0, 0.05) is 29.0 Å². The van der Waals surface area contributed by atoms with Gasteiger partial charge in [-0.1, -0.05) is 41.4 Å². The van der Waals surface area contributed by atoms with E-state index in [0.717, 1.165) is 5.56 Å². The van der Waals surface area contributed by atoms with Crippen LogP contribution in [0.1, 0.15) is 15.9 Å².